The minimum Gasteiger partial charge on any atom is -0.450 e. The summed E-state index contributed by atoms with van der Waals surface area (Å²) in [6, 6.07) is 3.06. The van der Waals surface area contributed by atoms with Gasteiger partial charge in [0.2, 0.25) is 5.91 Å². The van der Waals surface area contributed by atoms with Crippen LogP contribution in [-0.4, -0.2) is 37.4 Å². The second-order valence-corrected chi connectivity index (χ2v) is 4.10. The van der Waals surface area contributed by atoms with Gasteiger partial charge in [0.25, 0.3) is 0 Å². The van der Waals surface area contributed by atoms with E-state index in [1.54, 1.807) is 18.2 Å². The summed E-state index contributed by atoms with van der Waals surface area (Å²) in [5.41, 5.74) is 0. The number of furan rings is 1. The van der Waals surface area contributed by atoms with Crippen LogP contribution in [0.15, 0.2) is 27.3 Å². The van der Waals surface area contributed by atoms with Crippen LogP contribution in [0, 0.1) is 0 Å². The molecule has 1 aromatic heterocycles. The third-order valence-electron chi connectivity index (χ3n) is 1.93. The van der Waals surface area contributed by atoms with E-state index in [1.807, 2.05) is 0 Å². The summed E-state index contributed by atoms with van der Waals surface area (Å²) >= 11 is 3.16. The molecule has 1 atom stereocenters. The molecule has 1 unspecified atom stereocenters. The van der Waals surface area contributed by atoms with Crippen LogP contribution in [0.5, 0.6) is 0 Å². The fourth-order valence-corrected chi connectivity index (χ4v) is 1.49. The SMILES string of the molecule is COCC(CO)NC(=O)/C=C/c1ccc(Br)o1. The zero-order chi connectivity index (χ0) is 12.7. The predicted octanol–water partition coefficient (Wildman–Crippen LogP) is 1.18. The highest BCUT2D eigenvalue weighted by molar-refractivity contribution is 9.10. The Bertz CT molecular complexity index is 389. The number of carbonyl (C=O) groups is 1. The average molecular weight is 304 g/mol. The first-order chi connectivity index (χ1) is 8.15. The van der Waals surface area contributed by atoms with Crippen molar-refractivity contribution in [3.05, 3.63) is 28.6 Å². The van der Waals surface area contributed by atoms with E-state index in [0.29, 0.717) is 10.4 Å². The lowest BCUT2D eigenvalue weighted by atomic mass is 10.3. The zero-order valence-electron chi connectivity index (χ0n) is 9.35. The highest BCUT2D eigenvalue weighted by atomic mass is 79.9. The lowest BCUT2D eigenvalue weighted by Gasteiger charge is -2.13. The number of hydrogen-bond acceptors (Lipinski definition) is 4. The second-order valence-electron chi connectivity index (χ2n) is 3.32. The average Bonchev–Trinajstić information content (AvgIpc) is 2.72. The standard InChI is InChI=1S/C11H14BrNO4/c1-16-7-8(6-14)13-11(15)5-3-9-2-4-10(12)17-9/h2-5,8,14H,6-7H2,1H3,(H,13,15)/b5-3+. The number of carbonyl (C=O) groups excluding carboxylic acids is 1. The zero-order valence-corrected chi connectivity index (χ0v) is 10.9. The number of halogens is 1. The lowest BCUT2D eigenvalue weighted by molar-refractivity contribution is -0.117. The number of aliphatic hydroxyl groups excluding tert-OH is 1. The van der Waals surface area contributed by atoms with Crippen molar-refractivity contribution in [2.45, 2.75) is 6.04 Å². The molecule has 1 aromatic rings. The van der Waals surface area contributed by atoms with Crippen LogP contribution in [-0.2, 0) is 9.53 Å². The van der Waals surface area contributed by atoms with Crippen LogP contribution in [0.1, 0.15) is 5.76 Å². The van der Waals surface area contributed by atoms with E-state index in [1.165, 1.54) is 13.2 Å². The Morgan fingerprint density at radius 1 is 1.71 bits per heavy atom. The normalized spacial score (nSPS) is 12.9. The van der Waals surface area contributed by atoms with Crippen LogP contribution < -0.4 is 5.32 Å². The monoisotopic (exact) mass is 303 g/mol. The van der Waals surface area contributed by atoms with Crippen LogP contribution in [0.3, 0.4) is 0 Å². The Balaban J connectivity index is 2.45. The highest BCUT2D eigenvalue weighted by Gasteiger charge is 2.08. The number of methoxy groups -OCH3 is 1. The second kappa shape index (κ2) is 7.26. The van der Waals surface area contributed by atoms with Gasteiger partial charge in [-0.2, -0.15) is 0 Å². The molecule has 5 nitrogen and oxygen atoms in total. The van der Waals surface area contributed by atoms with E-state index < -0.39 is 6.04 Å². The summed E-state index contributed by atoms with van der Waals surface area (Å²) in [6.45, 7) is 0.0993. The Morgan fingerprint density at radius 3 is 3.00 bits per heavy atom. The number of nitrogens with one attached hydrogen (secondary N) is 1. The van der Waals surface area contributed by atoms with Crippen molar-refractivity contribution >= 4 is 27.9 Å². The van der Waals surface area contributed by atoms with Crippen molar-refractivity contribution < 1.29 is 19.1 Å². The molecule has 2 N–H and O–H groups in total. The van der Waals surface area contributed by atoms with Gasteiger partial charge >= 0.3 is 0 Å². The first-order valence-electron chi connectivity index (χ1n) is 4.99. The number of hydrogen-bond donors (Lipinski definition) is 2. The van der Waals surface area contributed by atoms with Gasteiger partial charge in [0, 0.05) is 13.2 Å². The van der Waals surface area contributed by atoms with E-state index in [4.69, 9.17) is 14.3 Å². The van der Waals surface area contributed by atoms with E-state index >= 15 is 0 Å². The molecule has 6 heteroatoms. The third-order valence-corrected chi connectivity index (χ3v) is 2.35. The summed E-state index contributed by atoms with van der Waals surface area (Å²) in [5.74, 6) is 0.257. The van der Waals surface area contributed by atoms with Gasteiger partial charge in [-0.1, -0.05) is 0 Å². The molecule has 94 valence electrons. The van der Waals surface area contributed by atoms with Crippen molar-refractivity contribution in [1.82, 2.24) is 5.32 Å². The molecule has 0 aliphatic carbocycles. The van der Waals surface area contributed by atoms with Gasteiger partial charge in [-0.25, -0.2) is 0 Å². The third kappa shape index (κ3) is 5.16. The minimum atomic E-state index is -0.402. The first kappa shape index (κ1) is 14.0. The quantitative estimate of drug-likeness (QED) is 0.774. The fraction of sp³-hybridized carbons (Fsp3) is 0.364. The maximum absolute atomic E-state index is 11.4. The van der Waals surface area contributed by atoms with Crippen LogP contribution in [0.2, 0.25) is 0 Å². The largest absolute Gasteiger partial charge is 0.450 e. The molecule has 1 heterocycles. The minimum absolute atomic E-state index is 0.167. The first-order valence-corrected chi connectivity index (χ1v) is 5.78. The molecule has 17 heavy (non-hydrogen) atoms. The van der Waals surface area contributed by atoms with E-state index in [-0.39, 0.29) is 19.1 Å². The topological polar surface area (TPSA) is 71.7 Å². The van der Waals surface area contributed by atoms with Crippen LogP contribution >= 0.6 is 15.9 Å². The molecule has 1 amide bonds. The van der Waals surface area contributed by atoms with Crippen LogP contribution in [0.4, 0.5) is 0 Å². The van der Waals surface area contributed by atoms with Gasteiger partial charge in [0.15, 0.2) is 4.67 Å². The summed E-state index contributed by atoms with van der Waals surface area (Å²) < 4.78 is 10.6. The lowest BCUT2D eigenvalue weighted by Crippen LogP contribution is -2.39. The van der Waals surface area contributed by atoms with Gasteiger partial charge in [-0.05, 0) is 34.1 Å². The van der Waals surface area contributed by atoms with Gasteiger partial charge in [0.05, 0.1) is 19.3 Å². The molecule has 0 saturated heterocycles. The maximum atomic E-state index is 11.4. The molecule has 0 aliphatic rings. The number of ether oxygens (including phenoxy) is 1. The molecule has 0 spiro atoms. The summed E-state index contributed by atoms with van der Waals surface area (Å²) in [4.78, 5) is 11.4. The van der Waals surface area contributed by atoms with E-state index in [0.717, 1.165) is 0 Å². The van der Waals surface area contributed by atoms with E-state index in [9.17, 15) is 4.79 Å². The van der Waals surface area contributed by atoms with Crippen molar-refractivity contribution in [3.63, 3.8) is 0 Å². The number of aliphatic hydroxyl groups is 1. The fourth-order valence-electron chi connectivity index (χ4n) is 1.17. The Kier molecular flexibility index (Phi) is 5.96. The summed E-state index contributed by atoms with van der Waals surface area (Å²) in [7, 11) is 1.50. The summed E-state index contributed by atoms with van der Waals surface area (Å²) in [5, 5.41) is 11.5. The summed E-state index contributed by atoms with van der Waals surface area (Å²) in [6.07, 6.45) is 2.88. The number of amides is 1. The predicted molar refractivity (Wildman–Crippen MR) is 66.3 cm³/mol. The molecule has 0 aliphatic heterocycles. The number of rotatable bonds is 6. The Hall–Kier alpha value is -1.11. The molecule has 0 aromatic carbocycles. The molecule has 0 radical (unpaired) electrons. The van der Waals surface area contributed by atoms with Gasteiger partial charge in [-0.15, -0.1) is 0 Å². The molecule has 0 bridgehead atoms. The van der Waals surface area contributed by atoms with Gasteiger partial charge in [0.1, 0.15) is 5.76 Å². The van der Waals surface area contributed by atoms with Gasteiger partial charge in [-0.3, -0.25) is 4.79 Å². The molecular weight excluding hydrogens is 290 g/mol. The van der Waals surface area contributed by atoms with Crippen molar-refractivity contribution in [3.8, 4) is 0 Å². The molecule has 0 fully saturated rings. The van der Waals surface area contributed by atoms with Gasteiger partial charge < -0.3 is 19.6 Å². The van der Waals surface area contributed by atoms with Crippen molar-refractivity contribution in [1.29, 1.82) is 0 Å². The Morgan fingerprint density at radius 2 is 2.47 bits per heavy atom. The molecule has 1 rings (SSSR count). The maximum Gasteiger partial charge on any atom is 0.244 e. The highest BCUT2D eigenvalue weighted by Crippen LogP contribution is 2.14. The molecule has 0 saturated carbocycles. The van der Waals surface area contributed by atoms with E-state index in [2.05, 4.69) is 21.2 Å². The Labute approximate surface area is 108 Å². The molecular formula is C11H14BrNO4. The van der Waals surface area contributed by atoms with Crippen LogP contribution in [0.25, 0.3) is 6.08 Å². The van der Waals surface area contributed by atoms with Crippen molar-refractivity contribution in [2.75, 3.05) is 20.3 Å². The smallest absolute Gasteiger partial charge is 0.244 e. The van der Waals surface area contributed by atoms with Crippen molar-refractivity contribution in [2.24, 2.45) is 0 Å².